The summed E-state index contributed by atoms with van der Waals surface area (Å²) in [5, 5.41) is 11.7. The van der Waals surface area contributed by atoms with Gasteiger partial charge >= 0.3 is 0 Å². The molecule has 0 radical (unpaired) electrons. The third-order valence-electron chi connectivity index (χ3n) is 2.05. The van der Waals surface area contributed by atoms with Gasteiger partial charge in [0.25, 0.3) is 0 Å². The van der Waals surface area contributed by atoms with Crippen molar-refractivity contribution in [2.45, 2.75) is 32.4 Å². The van der Waals surface area contributed by atoms with Gasteiger partial charge < -0.3 is 10.8 Å². The second kappa shape index (κ2) is 4.03. The van der Waals surface area contributed by atoms with Gasteiger partial charge in [0, 0.05) is 10.9 Å². The minimum Gasteiger partial charge on any atom is -0.386 e. The SMILES string of the molecule is CC[C@@H](N)[C@H](O)c1sccc1C. The Kier molecular flexibility index (Phi) is 3.26. The molecule has 3 heteroatoms. The lowest BCUT2D eigenvalue weighted by Gasteiger charge is -2.16. The van der Waals surface area contributed by atoms with E-state index in [1.54, 1.807) is 11.3 Å². The van der Waals surface area contributed by atoms with Crippen molar-refractivity contribution in [3.8, 4) is 0 Å². The van der Waals surface area contributed by atoms with Gasteiger partial charge in [0.2, 0.25) is 0 Å². The summed E-state index contributed by atoms with van der Waals surface area (Å²) >= 11 is 1.57. The predicted molar refractivity (Wildman–Crippen MR) is 52.3 cm³/mol. The van der Waals surface area contributed by atoms with Crippen molar-refractivity contribution in [3.05, 3.63) is 21.9 Å². The van der Waals surface area contributed by atoms with Gasteiger partial charge in [-0.3, -0.25) is 0 Å². The second-order valence-corrected chi connectivity index (χ2v) is 3.93. The number of thiophene rings is 1. The molecule has 1 rings (SSSR count). The van der Waals surface area contributed by atoms with Gasteiger partial charge in [-0.1, -0.05) is 6.92 Å². The van der Waals surface area contributed by atoms with Crippen LogP contribution in [0.5, 0.6) is 0 Å². The predicted octanol–water partition coefficient (Wildman–Crippen LogP) is 1.83. The molecule has 1 heterocycles. The Morgan fingerprint density at radius 2 is 2.33 bits per heavy atom. The van der Waals surface area contributed by atoms with Crippen molar-refractivity contribution in [2.75, 3.05) is 0 Å². The minimum atomic E-state index is -0.491. The number of aliphatic hydroxyl groups excluding tert-OH is 1. The highest BCUT2D eigenvalue weighted by Gasteiger charge is 2.17. The maximum atomic E-state index is 9.74. The molecule has 0 aliphatic rings. The maximum Gasteiger partial charge on any atom is 0.103 e. The van der Waals surface area contributed by atoms with Gasteiger partial charge in [0.1, 0.15) is 6.10 Å². The van der Waals surface area contributed by atoms with Crippen molar-refractivity contribution in [1.29, 1.82) is 0 Å². The van der Waals surface area contributed by atoms with E-state index in [0.717, 1.165) is 16.9 Å². The zero-order chi connectivity index (χ0) is 9.14. The number of aliphatic hydroxyl groups is 1. The first-order chi connectivity index (χ1) is 5.66. The molecule has 0 fully saturated rings. The highest BCUT2D eigenvalue weighted by atomic mass is 32.1. The van der Waals surface area contributed by atoms with Crippen molar-refractivity contribution in [2.24, 2.45) is 5.73 Å². The van der Waals surface area contributed by atoms with Crippen molar-refractivity contribution in [1.82, 2.24) is 0 Å². The van der Waals surface area contributed by atoms with E-state index >= 15 is 0 Å². The molecule has 0 bridgehead atoms. The quantitative estimate of drug-likeness (QED) is 0.754. The highest BCUT2D eigenvalue weighted by Crippen LogP contribution is 2.26. The number of aryl methyl sites for hydroxylation is 1. The summed E-state index contributed by atoms with van der Waals surface area (Å²) in [4.78, 5) is 1.00. The molecule has 2 nitrogen and oxygen atoms in total. The Hall–Kier alpha value is -0.380. The fourth-order valence-corrected chi connectivity index (χ4v) is 2.09. The Morgan fingerprint density at radius 1 is 1.67 bits per heavy atom. The zero-order valence-corrected chi connectivity index (χ0v) is 8.27. The van der Waals surface area contributed by atoms with Crippen LogP contribution in [0.3, 0.4) is 0 Å². The number of hydrogen-bond donors (Lipinski definition) is 2. The maximum absolute atomic E-state index is 9.74. The Balaban J connectivity index is 2.77. The number of nitrogens with two attached hydrogens (primary N) is 1. The van der Waals surface area contributed by atoms with E-state index < -0.39 is 6.10 Å². The Morgan fingerprint density at radius 3 is 2.75 bits per heavy atom. The van der Waals surface area contributed by atoms with Gasteiger partial charge in [-0.15, -0.1) is 11.3 Å². The lowest BCUT2D eigenvalue weighted by atomic mass is 10.1. The Bertz CT molecular complexity index is 246. The van der Waals surface area contributed by atoms with E-state index in [1.165, 1.54) is 0 Å². The normalized spacial score (nSPS) is 16.0. The molecule has 1 aromatic rings. The average Bonchev–Trinajstić information content (AvgIpc) is 2.48. The molecule has 0 unspecified atom stereocenters. The number of rotatable bonds is 3. The van der Waals surface area contributed by atoms with Crippen LogP contribution in [0.1, 0.15) is 29.9 Å². The molecule has 0 aliphatic carbocycles. The van der Waals surface area contributed by atoms with Crippen LogP contribution in [0, 0.1) is 6.92 Å². The second-order valence-electron chi connectivity index (χ2n) is 2.98. The zero-order valence-electron chi connectivity index (χ0n) is 7.45. The first-order valence-corrected chi connectivity index (χ1v) is 5.02. The molecular weight excluding hydrogens is 170 g/mol. The summed E-state index contributed by atoms with van der Waals surface area (Å²) in [6.45, 7) is 3.98. The number of hydrogen-bond acceptors (Lipinski definition) is 3. The Labute approximate surface area is 77.0 Å². The molecule has 0 saturated heterocycles. The van der Waals surface area contributed by atoms with E-state index in [0.29, 0.717) is 0 Å². The summed E-state index contributed by atoms with van der Waals surface area (Å²) in [5.41, 5.74) is 6.87. The summed E-state index contributed by atoms with van der Waals surface area (Å²) < 4.78 is 0. The van der Waals surface area contributed by atoms with E-state index in [-0.39, 0.29) is 6.04 Å². The lowest BCUT2D eigenvalue weighted by molar-refractivity contribution is 0.147. The summed E-state index contributed by atoms with van der Waals surface area (Å²) in [5.74, 6) is 0. The van der Waals surface area contributed by atoms with Crippen LogP contribution in [-0.2, 0) is 0 Å². The van der Waals surface area contributed by atoms with E-state index in [2.05, 4.69) is 0 Å². The smallest absolute Gasteiger partial charge is 0.103 e. The molecule has 0 spiro atoms. The molecule has 0 saturated carbocycles. The summed E-state index contributed by atoms with van der Waals surface area (Å²) in [6, 6.07) is 1.87. The van der Waals surface area contributed by atoms with Crippen molar-refractivity contribution in [3.63, 3.8) is 0 Å². The molecule has 0 aliphatic heterocycles. The average molecular weight is 185 g/mol. The van der Waals surface area contributed by atoms with Gasteiger partial charge in [0.15, 0.2) is 0 Å². The molecule has 1 aromatic heterocycles. The third-order valence-corrected chi connectivity index (χ3v) is 3.14. The monoisotopic (exact) mass is 185 g/mol. The minimum absolute atomic E-state index is 0.137. The van der Waals surface area contributed by atoms with Gasteiger partial charge in [-0.05, 0) is 30.4 Å². The van der Waals surface area contributed by atoms with E-state index in [4.69, 9.17) is 5.73 Å². The fraction of sp³-hybridized carbons (Fsp3) is 0.556. The first-order valence-electron chi connectivity index (χ1n) is 4.14. The van der Waals surface area contributed by atoms with Crippen LogP contribution >= 0.6 is 11.3 Å². The van der Waals surface area contributed by atoms with Crippen molar-refractivity contribution < 1.29 is 5.11 Å². The molecule has 12 heavy (non-hydrogen) atoms. The molecule has 68 valence electrons. The first kappa shape index (κ1) is 9.71. The summed E-state index contributed by atoms with van der Waals surface area (Å²) in [6.07, 6.45) is 0.313. The standard InChI is InChI=1S/C9H15NOS/c1-3-7(10)8(11)9-6(2)4-5-12-9/h4-5,7-8,11H,3,10H2,1-2H3/t7-,8+/m1/s1. The highest BCUT2D eigenvalue weighted by molar-refractivity contribution is 7.10. The van der Waals surface area contributed by atoms with Crippen LogP contribution in [0.4, 0.5) is 0 Å². The van der Waals surface area contributed by atoms with Crippen LogP contribution in [0.25, 0.3) is 0 Å². The van der Waals surface area contributed by atoms with E-state index in [1.807, 2.05) is 25.3 Å². The van der Waals surface area contributed by atoms with Gasteiger partial charge in [-0.25, -0.2) is 0 Å². The van der Waals surface area contributed by atoms with Crippen LogP contribution in [0.15, 0.2) is 11.4 Å². The molecular formula is C9H15NOS. The third kappa shape index (κ3) is 1.86. The largest absolute Gasteiger partial charge is 0.386 e. The molecule has 0 amide bonds. The van der Waals surface area contributed by atoms with Crippen molar-refractivity contribution >= 4 is 11.3 Å². The van der Waals surface area contributed by atoms with Crippen LogP contribution in [0.2, 0.25) is 0 Å². The summed E-state index contributed by atoms with van der Waals surface area (Å²) in [7, 11) is 0. The van der Waals surface area contributed by atoms with Gasteiger partial charge in [0.05, 0.1) is 0 Å². The molecule has 0 aromatic carbocycles. The van der Waals surface area contributed by atoms with Gasteiger partial charge in [-0.2, -0.15) is 0 Å². The van der Waals surface area contributed by atoms with Crippen LogP contribution < -0.4 is 5.73 Å². The molecule has 2 atom stereocenters. The van der Waals surface area contributed by atoms with E-state index in [9.17, 15) is 5.11 Å². The topological polar surface area (TPSA) is 46.2 Å². The van der Waals surface area contributed by atoms with Crippen LogP contribution in [-0.4, -0.2) is 11.1 Å². The molecule has 3 N–H and O–H groups in total. The fourth-order valence-electron chi connectivity index (χ4n) is 1.11. The lowest BCUT2D eigenvalue weighted by Crippen LogP contribution is -2.27.